The van der Waals surface area contributed by atoms with Crippen molar-refractivity contribution in [3.63, 3.8) is 0 Å². The summed E-state index contributed by atoms with van der Waals surface area (Å²) in [5, 5.41) is 12.6. The largest absolute Gasteiger partial charge is 0.409 e. The van der Waals surface area contributed by atoms with Crippen molar-refractivity contribution in [2.75, 3.05) is 12.4 Å². The number of ether oxygens (including phenoxy) is 1. The summed E-state index contributed by atoms with van der Waals surface area (Å²) in [7, 11) is 0. The molecule has 3 N–H and O–H groups in total. The SMILES string of the molecule is Cc1cc(/C(N)=N/O)cc(SCC2CCCO2)n1. The molecule has 1 fully saturated rings. The lowest BCUT2D eigenvalue weighted by atomic mass is 10.2. The van der Waals surface area contributed by atoms with Gasteiger partial charge in [-0.3, -0.25) is 0 Å². The molecule has 18 heavy (non-hydrogen) atoms. The maximum atomic E-state index is 8.69. The van der Waals surface area contributed by atoms with E-state index < -0.39 is 0 Å². The van der Waals surface area contributed by atoms with Crippen LogP contribution in [0.1, 0.15) is 24.1 Å². The van der Waals surface area contributed by atoms with Crippen LogP contribution in [0.25, 0.3) is 0 Å². The highest BCUT2D eigenvalue weighted by atomic mass is 32.2. The molecule has 0 bridgehead atoms. The van der Waals surface area contributed by atoms with Gasteiger partial charge in [0.15, 0.2) is 5.84 Å². The third-order valence-electron chi connectivity index (χ3n) is 2.77. The molecule has 1 unspecified atom stereocenters. The standard InChI is InChI=1S/C12H17N3O2S/c1-8-5-9(12(13)15-16)6-11(14-8)18-7-10-3-2-4-17-10/h5-6,10,16H,2-4,7H2,1H3,(H2,13,15). The molecule has 1 saturated heterocycles. The predicted molar refractivity (Wildman–Crippen MR) is 71.2 cm³/mol. The zero-order valence-corrected chi connectivity index (χ0v) is 11.1. The van der Waals surface area contributed by atoms with E-state index in [0.717, 1.165) is 35.9 Å². The molecule has 0 radical (unpaired) electrons. The van der Waals surface area contributed by atoms with Gasteiger partial charge in [-0.25, -0.2) is 4.98 Å². The fraction of sp³-hybridized carbons (Fsp3) is 0.500. The Morgan fingerprint density at radius 2 is 2.50 bits per heavy atom. The highest BCUT2D eigenvalue weighted by Crippen LogP contribution is 2.23. The minimum atomic E-state index is 0.111. The van der Waals surface area contributed by atoms with Crippen molar-refractivity contribution < 1.29 is 9.94 Å². The van der Waals surface area contributed by atoms with E-state index in [1.54, 1.807) is 17.8 Å². The number of aryl methyl sites for hydroxylation is 1. The Balaban J connectivity index is 2.05. The molecule has 1 aliphatic rings. The Bertz CT molecular complexity index is 445. The molecule has 1 aromatic heterocycles. The first-order valence-corrected chi connectivity index (χ1v) is 6.88. The number of rotatable bonds is 4. The third kappa shape index (κ3) is 3.36. The van der Waals surface area contributed by atoms with Gasteiger partial charge in [0.25, 0.3) is 0 Å². The Labute approximate surface area is 110 Å². The van der Waals surface area contributed by atoms with Crippen LogP contribution in [0.2, 0.25) is 0 Å². The highest BCUT2D eigenvalue weighted by Gasteiger charge is 2.16. The van der Waals surface area contributed by atoms with Gasteiger partial charge in [-0.05, 0) is 31.9 Å². The van der Waals surface area contributed by atoms with Gasteiger partial charge >= 0.3 is 0 Å². The summed E-state index contributed by atoms with van der Waals surface area (Å²) in [4.78, 5) is 4.43. The molecule has 5 nitrogen and oxygen atoms in total. The molecule has 1 atom stereocenters. The maximum Gasteiger partial charge on any atom is 0.170 e. The summed E-state index contributed by atoms with van der Waals surface area (Å²) in [5.74, 6) is 1.01. The zero-order valence-electron chi connectivity index (χ0n) is 10.3. The number of hydrogen-bond acceptors (Lipinski definition) is 5. The quantitative estimate of drug-likeness (QED) is 0.286. The molecule has 6 heteroatoms. The van der Waals surface area contributed by atoms with E-state index >= 15 is 0 Å². The lowest BCUT2D eigenvalue weighted by molar-refractivity contribution is 0.129. The van der Waals surface area contributed by atoms with Crippen LogP contribution in [0.4, 0.5) is 0 Å². The molecule has 0 spiro atoms. The van der Waals surface area contributed by atoms with Gasteiger partial charge in [0.2, 0.25) is 0 Å². The van der Waals surface area contributed by atoms with E-state index in [-0.39, 0.29) is 5.84 Å². The second-order valence-electron chi connectivity index (χ2n) is 4.27. The number of oxime groups is 1. The average molecular weight is 267 g/mol. The van der Waals surface area contributed by atoms with Crippen LogP contribution in [-0.2, 0) is 4.74 Å². The third-order valence-corrected chi connectivity index (χ3v) is 3.82. The van der Waals surface area contributed by atoms with E-state index in [9.17, 15) is 0 Å². The Kier molecular flexibility index (Phi) is 4.43. The van der Waals surface area contributed by atoms with E-state index in [1.807, 2.05) is 13.0 Å². The molecule has 1 aliphatic heterocycles. The van der Waals surface area contributed by atoms with E-state index in [4.69, 9.17) is 15.7 Å². The van der Waals surface area contributed by atoms with Crippen molar-refractivity contribution >= 4 is 17.6 Å². The molecule has 0 aromatic carbocycles. The number of hydrogen-bond donors (Lipinski definition) is 2. The van der Waals surface area contributed by atoms with Gasteiger partial charge < -0.3 is 15.7 Å². The smallest absolute Gasteiger partial charge is 0.170 e. The number of nitrogens with two attached hydrogens (primary N) is 1. The summed E-state index contributed by atoms with van der Waals surface area (Å²) in [6.45, 7) is 2.76. The molecule has 0 saturated carbocycles. The molecule has 2 rings (SSSR count). The van der Waals surface area contributed by atoms with Crippen LogP contribution in [-0.4, -0.2) is 34.5 Å². The van der Waals surface area contributed by atoms with E-state index in [2.05, 4.69) is 10.1 Å². The van der Waals surface area contributed by atoms with Gasteiger partial charge in [-0.15, -0.1) is 11.8 Å². The number of pyridine rings is 1. The van der Waals surface area contributed by atoms with Crippen LogP contribution in [0.15, 0.2) is 22.3 Å². The van der Waals surface area contributed by atoms with Crippen LogP contribution >= 0.6 is 11.8 Å². The van der Waals surface area contributed by atoms with Gasteiger partial charge in [0.1, 0.15) is 0 Å². The van der Waals surface area contributed by atoms with Gasteiger partial charge in [0.05, 0.1) is 11.1 Å². The molecular formula is C12H17N3O2S. The van der Waals surface area contributed by atoms with E-state index in [0.29, 0.717) is 11.7 Å². The Hall–Kier alpha value is -1.27. The van der Waals surface area contributed by atoms with Crippen molar-refractivity contribution in [1.29, 1.82) is 0 Å². The molecule has 98 valence electrons. The summed E-state index contributed by atoms with van der Waals surface area (Å²) < 4.78 is 5.57. The van der Waals surface area contributed by atoms with Crippen molar-refractivity contribution in [2.24, 2.45) is 10.9 Å². The minimum Gasteiger partial charge on any atom is -0.409 e. The second kappa shape index (κ2) is 6.06. The normalized spacial score (nSPS) is 20.3. The molecular weight excluding hydrogens is 250 g/mol. The number of aromatic nitrogens is 1. The summed E-state index contributed by atoms with van der Waals surface area (Å²) >= 11 is 1.65. The molecule has 1 aromatic rings. The summed E-state index contributed by atoms with van der Waals surface area (Å²) in [6.07, 6.45) is 2.58. The van der Waals surface area contributed by atoms with E-state index in [1.165, 1.54) is 0 Å². The van der Waals surface area contributed by atoms with Crippen molar-refractivity contribution in [3.05, 3.63) is 23.4 Å². The first kappa shape index (κ1) is 13.2. The van der Waals surface area contributed by atoms with Crippen LogP contribution < -0.4 is 5.73 Å². The molecule has 0 amide bonds. The number of nitrogens with zero attached hydrogens (tertiary/aromatic N) is 2. The predicted octanol–water partition coefficient (Wildman–Crippen LogP) is 1.76. The molecule has 0 aliphatic carbocycles. The fourth-order valence-corrected chi connectivity index (χ4v) is 2.91. The Morgan fingerprint density at radius 1 is 1.67 bits per heavy atom. The number of thioether (sulfide) groups is 1. The molecule has 2 heterocycles. The topological polar surface area (TPSA) is 80.7 Å². The first-order chi connectivity index (χ1) is 8.69. The van der Waals surface area contributed by atoms with Gasteiger partial charge in [-0.1, -0.05) is 5.16 Å². The van der Waals surface area contributed by atoms with Gasteiger partial charge in [0, 0.05) is 23.6 Å². The lowest BCUT2D eigenvalue weighted by Gasteiger charge is -2.09. The maximum absolute atomic E-state index is 8.69. The minimum absolute atomic E-state index is 0.111. The van der Waals surface area contributed by atoms with Crippen molar-refractivity contribution in [3.8, 4) is 0 Å². The van der Waals surface area contributed by atoms with Gasteiger partial charge in [-0.2, -0.15) is 0 Å². The Morgan fingerprint density at radius 3 is 3.17 bits per heavy atom. The number of amidine groups is 1. The van der Waals surface area contributed by atoms with Crippen LogP contribution in [0, 0.1) is 6.92 Å². The lowest BCUT2D eigenvalue weighted by Crippen LogP contribution is -2.14. The monoisotopic (exact) mass is 267 g/mol. The first-order valence-electron chi connectivity index (χ1n) is 5.90. The average Bonchev–Trinajstić information content (AvgIpc) is 2.88. The van der Waals surface area contributed by atoms with Crippen molar-refractivity contribution in [1.82, 2.24) is 4.98 Å². The highest BCUT2D eigenvalue weighted by molar-refractivity contribution is 7.99. The zero-order chi connectivity index (χ0) is 13.0. The fourth-order valence-electron chi connectivity index (χ4n) is 1.87. The van der Waals surface area contributed by atoms with Crippen LogP contribution in [0.3, 0.4) is 0 Å². The summed E-state index contributed by atoms with van der Waals surface area (Å²) in [5.41, 5.74) is 7.14. The summed E-state index contributed by atoms with van der Waals surface area (Å²) in [6, 6.07) is 3.63. The van der Waals surface area contributed by atoms with Crippen LogP contribution in [0.5, 0.6) is 0 Å². The second-order valence-corrected chi connectivity index (χ2v) is 5.31. The van der Waals surface area contributed by atoms with Crippen molar-refractivity contribution in [2.45, 2.75) is 30.9 Å².